The molecule has 180 valence electrons. The minimum atomic E-state index is 0.787. The number of hydrogen-bond donors (Lipinski definition) is 0. The molecular formula is C36H24O2. The van der Waals surface area contributed by atoms with Gasteiger partial charge in [0.25, 0.3) is 0 Å². The maximum Gasteiger partial charge on any atom is 0.136 e. The van der Waals surface area contributed by atoms with Crippen molar-refractivity contribution in [1.29, 1.82) is 0 Å². The van der Waals surface area contributed by atoms with Crippen LogP contribution in [0.25, 0.3) is 44.5 Å². The van der Waals surface area contributed by atoms with Crippen LogP contribution in [-0.4, -0.2) is 0 Å². The van der Waals surface area contributed by atoms with Crippen molar-refractivity contribution in [2.24, 2.45) is 0 Å². The van der Waals surface area contributed by atoms with Crippen LogP contribution in [0.4, 0.5) is 0 Å². The van der Waals surface area contributed by atoms with E-state index in [1.54, 1.807) is 0 Å². The Kier molecular flexibility index (Phi) is 5.49. The van der Waals surface area contributed by atoms with Crippen molar-refractivity contribution < 1.29 is 9.47 Å². The van der Waals surface area contributed by atoms with Crippen molar-refractivity contribution in [3.05, 3.63) is 146 Å². The molecule has 2 nitrogen and oxygen atoms in total. The first kappa shape index (κ1) is 22.1. The number of ether oxygens (including phenoxy) is 2. The normalized spacial score (nSPS) is 11.6. The Morgan fingerprint density at radius 2 is 0.632 bits per heavy atom. The molecule has 0 aromatic heterocycles. The first-order chi connectivity index (χ1) is 18.8. The van der Waals surface area contributed by atoms with E-state index in [0.717, 1.165) is 67.5 Å². The van der Waals surface area contributed by atoms with Crippen LogP contribution in [-0.2, 0) is 0 Å². The van der Waals surface area contributed by atoms with Gasteiger partial charge in [-0.3, -0.25) is 0 Å². The second kappa shape index (κ2) is 9.42. The smallest absolute Gasteiger partial charge is 0.136 e. The lowest BCUT2D eigenvalue weighted by Gasteiger charge is -2.22. The zero-order chi connectivity index (χ0) is 25.3. The van der Waals surface area contributed by atoms with Crippen LogP contribution in [0.15, 0.2) is 146 Å². The van der Waals surface area contributed by atoms with E-state index in [0.29, 0.717) is 0 Å². The molecule has 0 radical (unpaired) electrons. The summed E-state index contributed by atoms with van der Waals surface area (Å²) in [4.78, 5) is 0. The molecule has 0 spiro atoms. The molecule has 0 unspecified atom stereocenters. The van der Waals surface area contributed by atoms with E-state index in [2.05, 4.69) is 97.1 Å². The quantitative estimate of drug-likeness (QED) is 0.241. The summed E-state index contributed by atoms with van der Waals surface area (Å²) < 4.78 is 13.5. The van der Waals surface area contributed by atoms with E-state index < -0.39 is 0 Å². The number of para-hydroxylation sites is 2. The molecule has 2 heteroatoms. The fourth-order valence-electron chi connectivity index (χ4n) is 5.07. The third-order valence-corrected chi connectivity index (χ3v) is 6.97. The van der Waals surface area contributed by atoms with Crippen molar-refractivity contribution in [2.45, 2.75) is 0 Å². The summed E-state index contributed by atoms with van der Waals surface area (Å²) in [6, 6.07) is 49.9. The molecule has 0 fully saturated rings. The van der Waals surface area contributed by atoms with Gasteiger partial charge < -0.3 is 9.47 Å². The lowest BCUT2D eigenvalue weighted by molar-refractivity contribution is 0.472. The largest absolute Gasteiger partial charge is 0.456 e. The topological polar surface area (TPSA) is 18.5 Å². The molecule has 0 bridgehead atoms. The molecule has 1 aliphatic rings. The first-order valence-corrected chi connectivity index (χ1v) is 12.8. The molecule has 0 N–H and O–H groups in total. The Morgan fingerprint density at radius 3 is 1.08 bits per heavy atom. The number of benzene rings is 6. The van der Waals surface area contributed by atoms with Crippen molar-refractivity contribution in [2.75, 3.05) is 0 Å². The highest BCUT2D eigenvalue weighted by atomic mass is 16.5. The molecule has 0 saturated heterocycles. The van der Waals surface area contributed by atoms with Gasteiger partial charge in [0.15, 0.2) is 0 Å². The van der Waals surface area contributed by atoms with E-state index in [4.69, 9.17) is 9.47 Å². The molecule has 7 rings (SSSR count). The number of fused-ring (bicyclic) bond motifs is 6. The monoisotopic (exact) mass is 488 g/mol. The van der Waals surface area contributed by atoms with Crippen LogP contribution < -0.4 is 9.47 Å². The highest BCUT2D eigenvalue weighted by molar-refractivity contribution is 5.85. The van der Waals surface area contributed by atoms with Gasteiger partial charge in [0, 0.05) is 22.3 Å². The Morgan fingerprint density at radius 1 is 0.263 bits per heavy atom. The van der Waals surface area contributed by atoms with Gasteiger partial charge >= 0.3 is 0 Å². The highest BCUT2D eigenvalue weighted by Gasteiger charge is 2.21. The van der Waals surface area contributed by atoms with E-state index in [-0.39, 0.29) is 0 Å². The predicted molar refractivity (Wildman–Crippen MR) is 155 cm³/mol. The standard InChI is InChI=1S/C36H24O2/c1-3-11-25(12-4-1)27-19-21-31-32-22-20-28(26-13-5-2-6-14-26)24-36(32)38-34-18-10-8-16-30(34)29-15-7-9-17-33(29)37-35(31)23-27/h1-24H. The van der Waals surface area contributed by atoms with Crippen molar-refractivity contribution >= 4 is 0 Å². The molecule has 1 aliphatic heterocycles. The zero-order valence-corrected chi connectivity index (χ0v) is 20.7. The van der Waals surface area contributed by atoms with Gasteiger partial charge in [-0.05, 0) is 58.7 Å². The summed E-state index contributed by atoms with van der Waals surface area (Å²) in [5.41, 5.74) is 8.42. The summed E-state index contributed by atoms with van der Waals surface area (Å²) in [5, 5.41) is 0. The van der Waals surface area contributed by atoms with Crippen LogP contribution in [0.2, 0.25) is 0 Å². The van der Waals surface area contributed by atoms with Crippen molar-refractivity contribution in [1.82, 2.24) is 0 Å². The summed E-state index contributed by atoms with van der Waals surface area (Å²) in [6.45, 7) is 0. The third kappa shape index (κ3) is 4.03. The van der Waals surface area contributed by atoms with Gasteiger partial charge in [-0.25, -0.2) is 0 Å². The van der Waals surface area contributed by atoms with Crippen LogP contribution in [0.1, 0.15) is 0 Å². The minimum absolute atomic E-state index is 0.787. The fraction of sp³-hybridized carbons (Fsp3) is 0. The summed E-state index contributed by atoms with van der Waals surface area (Å²) in [6.07, 6.45) is 0. The van der Waals surface area contributed by atoms with Gasteiger partial charge in [-0.2, -0.15) is 0 Å². The van der Waals surface area contributed by atoms with E-state index in [1.165, 1.54) is 0 Å². The van der Waals surface area contributed by atoms with Crippen LogP contribution >= 0.6 is 0 Å². The summed E-state index contributed by atoms with van der Waals surface area (Å²) >= 11 is 0. The van der Waals surface area contributed by atoms with Gasteiger partial charge in [0.1, 0.15) is 23.0 Å². The van der Waals surface area contributed by atoms with Crippen molar-refractivity contribution in [3.63, 3.8) is 0 Å². The van der Waals surface area contributed by atoms with Gasteiger partial charge in [0.2, 0.25) is 0 Å². The first-order valence-electron chi connectivity index (χ1n) is 12.8. The molecule has 0 saturated carbocycles. The average molecular weight is 489 g/mol. The second-order valence-corrected chi connectivity index (χ2v) is 9.35. The molecule has 0 amide bonds. The molecule has 0 aliphatic carbocycles. The fourth-order valence-corrected chi connectivity index (χ4v) is 5.07. The lowest BCUT2D eigenvalue weighted by atomic mass is 9.95. The van der Waals surface area contributed by atoms with Gasteiger partial charge in [-0.1, -0.05) is 109 Å². The van der Waals surface area contributed by atoms with E-state index in [9.17, 15) is 0 Å². The third-order valence-electron chi connectivity index (χ3n) is 6.97. The Hall–Kier alpha value is -5.08. The van der Waals surface area contributed by atoms with Crippen molar-refractivity contribution in [3.8, 4) is 67.5 Å². The van der Waals surface area contributed by atoms with E-state index in [1.807, 2.05) is 48.5 Å². The Bertz CT molecular complexity index is 1620. The molecule has 0 atom stereocenters. The van der Waals surface area contributed by atoms with Crippen LogP contribution in [0.5, 0.6) is 23.0 Å². The minimum Gasteiger partial charge on any atom is -0.456 e. The summed E-state index contributed by atoms with van der Waals surface area (Å²) in [7, 11) is 0. The molecule has 6 aromatic rings. The molecule has 38 heavy (non-hydrogen) atoms. The molecular weight excluding hydrogens is 464 g/mol. The van der Waals surface area contributed by atoms with Crippen LogP contribution in [0.3, 0.4) is 0 Å². The number of rotatable bonds is 2. The lowest BCUT2D eigenvalue weighted by Crippen LogP contribution is -1.98. The van der Waals surface area contributed by atoms with Crippen LogP contribution in [0, 0.1) is 0 Å². The Labute approximate surface area is 222 Å². The maximum absolute atomic E-state index is 6.75. The number of hydrogen-bond acceptors (Lipinski definition) is 2. The average Bonchev–Trinajstić information content (AvgIpc) is 2.99. The highest BCUT2D eigenvalue weighted by Crippen LogP contribution is 2.48. The zero-order valence-electron chi connectivity index (χ0n) is 20.7. The second-order valence-electron chi connectivity index (χ2n) is 9.35. The maximum atomic E-state index is 6.75. The Balaban J connectivity index is 1.48. The molecule has 6 aromatic carbocycles. The predicted octanol–water partition coefficient (Wildman–Crippen LogP) is 10.3. The molecule has 1 heterocycles. The summed E-state index contributed by atoms with van der Waals surface area (Å²) in [5.74, 6) is 3.16. The van der Waals surface area contributed by atoms with Gasteiger partial charge in [-0.15, -0.1) is 0 Å². The van der Waals surface area contributed by atoms with E-state index >= 15 is 0 Å². The van der Waals surface area contributed by atoms with Gasteiger partial charge in [0.05, 0.1) is 0 Å². The SMILES string of the molecule is c1ccc(-c2ccc3c(c2)Oc2ccccc2-c2ccccc2Oc2cc(-c4ccccc4)ccc2-3)cc1.